The highest BCUT2D eigenvalue weighted by Gasteiger charge is 2.70. The predicted octanol–water partition coefficient (Wildman–Crippen LogP) is 2.70. The number of hydrogen-bond donors (Lipinski definition) is 2. The zero-order valence-corrected chi connectivity index (χ0v) is 21.0. The normalized spacial score (nSPS) is 34.3. The van der Waals surface area contributed by atoms with E-state index in [-0.39, 0.29) is 29.3 Å². The summed E-state index contributed by atoms with van der Waals surface area (Å²) in [6, 6.07) is 5.28. The summed E-state index contributed by atoms with van der Waals surface area (Å²) >= 11 is 0. The lowest BCUT2D eigenvalue weighted by molar-refractivity contribution is -0.144. The Morgan fingerprint density at radius 3 is 2.78 bits per heavy atom. The molecule has 9 nitrogen and oxygen atoms in total. The summed E-state index contributed by atoms with van der Waals surface area (Å²) < 4.78 is 6.96. The van der Waals surface area contributed by atoms with Gasteiger partial charge in [-0.05, 0) is 79.2 Å². The molecule has 3 bridgehead atoms. The molecule has 2 amide bonds. The van der Waals surface area contributed by atoms with Crippen molar-refractivity contribution in [3.63, 3.8) is 0 Å². The second-order valence-electron chi connectivity index (χ2n) is 12.3. The maximum absolute atomic E-state index is 13.4. The van der Waals surface area contributed by atoms with Crippen LogP contribution in [0, 0.1) is 28.6 Å². The Morgan fingerprint density at radius 1 is 1.14 bits per heavy atom. The third-order valence-electron chi connectivity index (χ3n) is 10.4. The molecule has 9 heteroatoms. The number of rotatable bonds is 7. The number of morpholine rings is 1. The van der Waals surface area contributed by atoms with Crippen LogP contribution in [0.25, 0.3) is 5.65 Å². The number of aromatic nitrogens is 2. The Kier molecular flexibility index (Phi) is 5.19. The predicted molar refractivity (Wildman–Crippen MR) is 133 cm³/mol. The number of carboxylic acids is 1. The fraction of sp³-hybridized carbons (Fsp3) is 0.643. The van der Waals surface area contributed by atoms with E-state index in [1.807, 2.05) is 0 Å². The number of carbonyl (C=O) groups is 3. The molecule has 7 rings (SSSR count). The molecule has 0 radical (unpaired) electrons. The maximum atomic E-state index is 13.4. The number of fused-ring (bicyclic) bond motifs is 3. The van der Waals surface area contributed by atoms with Crippen molar-refractivity contribution in [1.82, 2.24) is 19.6 Å². The molecule has 2 aromatic rings. The lowest BCUT2D eigenvalue weighted by Gasteiger charge is -2.49. The zero-order chi connectivity index (χ0) is 25.4. The van der Waals surface area contributed by atoms with Crippen LogP contribution in [0.3, 0.4) is 0 Å². The average molecular weight is 507 g/mol. The van der Waals surface area contributed by atoms with Gasteiger partial charge in [0.25, 0.3) is 5.91 Å². The molecule has 1 saturated heterocycles. The fourth-order valence-electron chi connectivity index (χ4n) is 8.92. The van der Waals surface area contributed by atoms with Crippen molar-refractivity contribution in [3.05, 3.63) is 35.8 Å². The van der Waals surface area contributed by atoms with Crippen LogP contribution in [0.5, 0.6) is 0 Å². The molecule has 5 aliphatic rings. The minimum Gasteiger partial charge on any atom is -0.481 e. The summed E-state index contributed by atoms with van der Waals surface area (Å²) in [6.07, 6.45) is 9.37. The van der Waals surface area contributed by atoms with Crippen molar-refractivity contribution in [3.8, 4) is 0 Å². The molecule has 3 heterocycles. The molecule has 196 valence electrons. The van der Waals surface area contributed by atoms with E-state index in [0.717, 1.165) is 17.8 Å². The standard InChI is InChI=1S/C28H34N4O5/c33-24(31-4-6-37-7-5-31)10-20(26(35)36)21-14-32-22(2-1-3-23(32)30-21)25(34)29-16-27-11-17-8-18-9-19(13-27)28(18,12-17)15-27/h1-3,14,17-20H,4-13,15-16H2,(H,29,34)(H,35,36). The number of aliphatic carboxylic acids is 1. The Labute approximate surface area is 215 Å². The van der Waals surface area contributed by atoms with Gasteiger partial charge in [0.1, 0.15) is 17.3 Å². The van der Waals surface area contributed by atoms with Crippen LogP contribution >= 0.6 is 0 Å². The lowest BCUT2D eigenvalue weighted by atomic mass is 9.55. The Balaban J connectivity index is 1.09. The third-order valence-corrected chi connectivity index (χ3v) is 10.4. The van der Waals surface area contributed by atoms with E-state index < -0.39 is 11.9 Å². The van der Waals surface area contributed by atoms with Crippen molar-refractivity contribution in [1.29, 1.82) is 0 Å². The summed E-state index contributed by atoms with van der Waals surface area (Å²) in [5.74, 6) is 0.0492. The van der Waals surface area contributed by atoms with Crippen molar-refractivity contribution >= 4 is 23.4 Å². The van der Waals surface area contributed by atoms with Crippen LogP contribution in [-0.2, 0) is 14.3 Å². The van der Waals surface area contributed by atoms with Crippen LogP contribution in [0.4, 0.5) is 0 Å². The largest absolute Gasteiger partial charge is 0.481 e. The molecule has 0 aromatic carbocycles. The van der Waals surface area contributed by atoms with Gasteiger partial charge in [-0.3, -0.25) is 18.8 Å². The van der Waals surface area contributed by atoms with Crippen LogP contribution in [0.2, 0.25) is 0 Å². The molecule has 6 unspecified atom stereocenters. The summed E-state index contributed by atoms with van der Waals surface area (Å²) in [5.41, 5.74) is 2.04. The van der Waals surface area contributed by atoms with E-state index in [1.165, 1.54) is 38.5 Å². The van der Waals surface area contributed by atoms with E-state index >= 15 is 0 Å². The first-order valence-corrected chi connectivity index (χ1v) is 13.7. The van der Waals surface area contributed by atoms with Gasteiger partial charge in [0.15, 0.2) is 0 Å². The summed E-state index contributed by atoms with van der Waals surface area (Å²) in [5, 5.41) is 13.2. The quantitative estimate of drug-likeness (QED) is 0.597. The van der Waals surface area contributed by atoms with Crippen molar-refractivity contribution in [2.24, 2.45) is 28.6 Å². The molecule has 4 aliphatic carbocycles. The Bertz CT molecular complexity index is 1280. The van der Waals surface area contributed by atoms with E-state index in [1.54, 1.807) is 33.7 Å². The van der Waals surface area contributed by atoms with E-state index in [2.05, 4.69) is 10.3 Å². The third kappa shape index (κ3) is 3.60. The van der Waals surface area contributed by atoms with Crippen molar-refractivity contribution in [2.75, 3.05) is 32.8 Å². The smallest absolute Gasteiger partial charge is 0.313 e. The van der Waals surface area contributed by atoms with Gasteiger partial charge in [0, 0.05) is 32.3 Å². The molecule has 4 saturated carbocycles. The number of carbonyl (C=O) groups excluding carboxylic acids is 2. The number of carboxylic acid groups (broad SMARTS) is 1. The number of amides is 2. The van der Waals surface area contributed by atoms with Gasteiger partial charge in [-0.15, -0.1) is 0 Å². The highest BCUT2D eigenvalue weighted by Crippen LogP contribution is 2.78. The van der Waals surface area contributed by atoms with Crippen LogP contribution in [-0.4, -0.2) is 70.0 Å². The van der Waals surface area contributed by atoms with Crippen LogP contribution in [0.1, 0.15) is 67.0 Å². The van der Waals surface area contributed by atoms with E-state index in [9.17, 15) is 19.5 Å². The number of nitrogens with one attached hydrogen (secondary N) is 1. The number of hydrogen-bond acceptors (Lipinski definition) is 5. The molecule has 2 aromatic heterocycles. The Hall–Kier alpha value is -2.94. The molecular weight excluding hydrogens is 472 g/mol. The zero-order valence-electron chi connectivity index (χ0n) is 21.0. The lowest BCUT2D eigenvalue weighted by Crippen LogP contribution is -2.43. The number of imidazole rings is 1. The SMILES string of the molecule is O=C(NCC12CC3CC4CC(C1)C4(C3)C2)c1cccc2nc(C(CC(=O)N3CCOCC3)C(=O)O)cn12. The molecule has 1 spiro atoms. The van der Waals surface area contributed by atoms with Gasteiger partial charge < -0.3 is 20.1 Å². The van der Waals surface area contributed by atoms with Gasteiger partial charge in [-0.25, -0.2) is 4.98 Å². The fourth-order valence-corrected chi connectivity index (χ4v) is 8.92. The van der Waals surface area contributed by atoms with E-state index in [4.69, 9.17) is 4.74 Å². The molecule has 2 N–H and O–H groups in total. The van der Waals surface area contributed by atoms with Crippen LogP contribution < -0.4 is 5.32 Å². The number of ether oxygens (including phenoxy) is 1. The topological polar surface area (TPSA) is 113 Å². The second-order valence-corrected chi connectivity index (χ2v) is 12.3. The minimum absolute atomic E-state index is 0.161. The highest BCUT2D eigenvalue weighted by molar-refractivity contribution is 5.93. The molecule has 6 atom stereocenters. The molecule has 1 aliphatic heterocycles. The first kappa shape index (κ1) is 23.2. The van der Waals surface area contributed by atoms with Crippen molar-refractivity contribution < 1.29 is 24.2 Å². The second kappa shape index (κ2) is 8.28. The first-order chi connectivity index (χ1) is 17.9. The molecular formula is C28H34N4O5. The van der Waals surface area contributed by atoms with Gasteiger partial charge in [-0.2, -0.15) is 0 Å². The Morgan fingerprint density at radius 2 is 1.97 bits per heavy atom. The average Bonchev–Trinajstić information content (AvgIpc) is 3.46. The highest BCUT2D eigenvalue weighted by atomic mass is 16.5. The van der Waals surface area contributed by atoms with Crippen molar-refractivity contribution in [2.45, 2.75) is 50.9 Å². The first-order valence-electron chi connectivity index (χ1n) is 13.7. The summed E-state index contributed by atoms with van der Waals surface area (Å²) in [4.78, 5) is 44.4. The van der Waals surface area contributed by atoms with Gasteiger partial charge in [0.2, 0.25) is 5.91 Å². The van der Waals surface area contributed by atoms with Gasteiger partial charge in [0.05, 0.1) is 18.9 Å². The molecule has 37 heavy (non-hydrogen) atoms. The van der Waals surface area contributed by atoms with Gasteiger partial charge in [-0.1, -0.05) is 6.07 Å². The number of pyridine rings is 1. The summed E-state index contributed by atoms with van der Waals surface area (Å²) in [7, 11) is 0. The maximum Gasteiger partial charge on any atom is 0.313 e. The van der Waals surface area contributed by atoms with Gasteiger partial charge >= 0.3 is 5.97 Å². The summed E-state index contributed by atoms with van der Waals surface area (Å²) in [6.45, 7) is 2.55. The molecule has 5 fully saturated rings. The minimum atomic E-state index is -1.10. The monoisotopic (exact) mass is 506 g/mol. The number of nitrogens with zero attached hydrogens (tertiary/aromatic N) is 3. The van der Waals surface area contributed by atoms with Crippen LogP contribution in [0.15, 0.2) is 24.4 Å². The van der Waals surface area contributed by atoms with E-state index in [0.29, 0.717) is 49.6 Å².